The molecule has 0 aliphatic carbocycles. The fraction of sp³-hybridized carbons (Fsp3) is 0.250. The van der Waals surface area contributed by atoms with Gasteiger partial charge in [0.05, 0.1) is 4.88 Å². The number of fused-ring (bicyclic) bond motifs is 1. The van der Waals surface area contributed by atoms with Crippen LogP contribution in [0.2, 0.25) is 0 Å². The normalized spacial score (nSPS) is 16.1. The average molecular weight is 447 g/mol. The number of aromatic nitrogens is 2. The summed E-state index contributed by atoms with van der Waals surface area (Å²) < 4.78 is 5.40. The van der Waals surface area contributed by atoms with Crippen molar-refractivity contribution in [3.63, 3.8) is 0 Å². The maximum Gasteiger partial charge on any atom is 0.259 e. The van der Waals surface area contributed by atoms with Gasteiger partial charge >= 0.3 is 0 Å². The predicted molar refractivity (Wildman–Crippen MR) is 123 cm³/mol. The lowest BCUT2D eigenvalue weighted by molar-refractivity contribution is 0.0789. The van der Waals surface area contributed by atoms with Gasteiger partial charge in [-0.1, -0.05) is 41.1 Å². The molecular weight excluding hydrogens is 424 g/mol. The minimum Gasteiger partial charge on any atom is -0.365 e. The first kappa shape index (κ1) is 20.4. The van der Waals surface area contributed by atoms with Crippen LogP contribution in [0.5, 0.6) is 0 Å². The summed E-state index contributed by atoms with van der Waals surface area (Å²) in [6, 6.07) is 11.7. The number of rotatable bonds is 4. The summed E-state index contributed by atoms with van der Waals surface area (Å²) in [5.74, 6) is -0.0520. The van der Waals surface area contributed by atoms with Crippen LogP contribution < -0.4 is 5.73 Å². The molecule has 0 saturated carbocycles. The van der Waals surface area contributed by atoms with Crippen molar-refractivity contribution in [3.8, 4) is 11.3 Å². The number of thiophene rings is 1. The zero-order valence-corrected chi connectivity index (χ0v) is 18.6. The second-order valence-electron chi connectivity index (χ2n) is 8.13. The molecule has 32 heavy (non-hydrogen) atoms. The highest BCUT2D eigenvalue weighted by Gasteiger charge is 2.35. The van der Waals surface area contributed by atoms with Crippen LogP contribution in [0.25, 0.3) is 21.5 Å². The number of carbonyl (C=O) groups excluding carboxylic acids is 2. The van der Waals surface area contributed by atoms with Gasteiger partial charge in [-0.05, 0) is 31.9 Å². The maximum absolute atomic E-state index is 13.5. The zero-order chi connectivity index (χ0) is 22.4. The van der Waals surface area contributed by atoms with Crippen molar-refractivity contribution in [2.24, 2.45) is 5.73 Å². The van der Waals surface area contributed by atoms with Crippen molar-refractivity contribution >= 4 is 33.4 Å². The Kier molecular flexibility index (Phi) is 5.01. The molecule has 1 aliphatic rings. The third kappa shape index (κ3) is 3.36. The Balaban J connectivity index is 1.47. The van der Waals surface area contributed by atoms with E-state index in [9.17, 15) is 9.59 Å². The first-order chi connectivity index (χ1) is 15.4. The predicted octanol–water partition coefficient (Wildman–Crippen LogP) is 4.30. The zero-order valence-electron chi connectivity index (χ0n) is 17.8. The maximum atomic E-state index is 13.5. The molecule has 1 aromatic carbocycles. The lowest BCUT2D eigenvalue weighted by Gasteiger charge is -2.17. The van der Waals surface area contributed by atoms with Crippen LogP contribution in [-0.4, -0.2) is 39.9 Å². The summed E-state index contributed by atoms with van der Waals surface area (Å²) in [6.45, 7) is 4.85. The fourth-order valence-electron chi connectivity index (χ4n) is 4.41. The van der Waals surface area contributed by atoms with Gasteiger partial charge in [0, 0.05) is 36.2 Å². The van der Waals surface area contributed by atoms with E-state index in [1.807, 2.05) is 48.2 Å². The van der Waals surface area contributed by atoms with Gasteiger partial charge in [-0.2, -0.15) is 0 Å². The number of hydrogen-bond acceptors (Lipinski definition) is 6. The van der Waals surface area contributed by atoms with Crippen molar-refractivity contribution in [1.29, 1.82) is 0 Å². The van der Waals surface area contributed by atoms with Gasteiger partial charge in [-0.15, -0.1) is 11.3 Å². The molecule has 5 rings (SSSR count). The number of hydrogen-bond donors (Lipinski definition) is 1. The minimum absolute atomic E-state index is 0.0161. The summed E-state index contributed by atoms with van der Waals surface area (Å²) in [5, 5.41) is 5.10. The van der Waals surface area contributed by atoms with E-state index in [2.05, 4.69) is 10.1 Å². The van der Waals surface area contributed by atoms with Gasteiger partial charge in [0.1, 0.15) is 21.8 Å². The number of carbonyl (C=O) groups is 2. The highest BCUT2D eigenvalue weighted by Crippen LogP contribution is 2.40. The van der Waals surface area contributed by atoms with E-state index in [-0.39, 0.29) is 11.8 Å². The summed E-state index contributed by atoms with van der Waals surface area (Å²) in [5.41, 5.74) is 9.60. The Bertz CT molecular complexity index is 1340. The van der Waals surface area contributed by atoms with Crippen LogP contribution in [0.4, 0.5) is 0 Å². The van der Waals surface area contributed by atoms with E-state index in [1.165, 1.54) is 11.3 Å². The molecule has 162 valence electrons. The Morgan fingerprint density at radius 2 is 1.97 bits per heavy atom. The molecule has 3 aromatic heterocycles. The number of nitrogens with zero attached hydrogens (tertiary/aromatic N) is 3. The lowest BCUT2D eigenvalue weighted by atomic mass is 9.95. The smallest absolute Gasteiger partial charge is 0.259 e. The van der Waals surface area contributed by atoms with Gasteiger partial charge in [0.2, 0.25) is 0 Å². The summed E-state index contributed by atoms with van der Waals surface area (Å²) >= 11 is 1.32. The molecule has 8 heteroatoms. The monoisotopic (exact) mass is 446 g/mol. The van der Waals surface area contributed by atoms with Crippen LogP contribution in [0, 0.1) is 13.8 Å². The number of primary amides is 1. The number of likely N-dealkylation sites (tertiary alicyclic amines) is 1. The van der Waals surface area contributed by atoms with E-state index >= 15 is 0 Å². The highest BCUT2D eigenvalue weighted by molar-refractivity contribution is 7.20. The molecular formula is C24H22N4O3S. The fourth-order valence-corrected chi connectivity index (χ4v) is 5.49. The number of amides is 2. The summed E-state index contributed by atoms with van der Waals surface area (Å²) in [4.78, 5) is 33.1. The van der Waals surface area contributed by atoms with Crippen molar-refractivity contribution < 1.29 is 14.1 Å². The van der Waals surface area contributed by atoms with E-state index in [0.717, 1.165) is 33.3 Å². The van der Waals surface area contributed by atoms with Crippen molar-refractivity contribution in [2.45, 2.75) is 26.2 Å². The topological polar surface area (TPSA) is 102 Å². The molecule has 7 nitrogen and oxygen atoms in total. The van der Waals surface area contributed by atoms with Crippen molar-refractivity contribution in [1.82, 2.24) is 15.0 Å². The molecule has 4 heterocycles. The first-order valence-electron chi connectivity index (χ1n) is 10.4. The standard InChI is InChI=1S/C24H22N4O3S/c1-13-5-7-15(8-6-13)20-18(14(2)31-27-20)24(30)28-11-9-16(12-28)19-17-4-3-10-26-23(17)32-21(19)22(25)29/h3-8,10,16H,9,11-12H2,1-2H3,(H2,25,29)/t16-/m0/s1. The Morgan fingerprint density at radius 3 is 2.72 bits per heavy atom. The molecule has 0 spiro atoms. The Labute approximate surface area is 188 Å². The lowest BCUT2D eigenvalue weighted by Crippen LogP contribution is -2.29. The van der Waals surface area contributed by atoms with Crippen LogP contribution in [0.15, 0.2) is 47.1 Å². The molecule has 2 N–H and O–H groups in total. The quantitative estimate of drug-likeness (QED) is 0.504. The molecule has 4 aromatic rings. The van der Waals surface area contributed by atoms with Crippen LogP contribution in [-0.2, 0) is 0 Å². The molecule has 1 aliphatic heterocycles. The van der Waals surface area contributed by atoms with Crippen molar-refractivity contribution in [2.75, 3.05) is 13.1 Å². The van der Waals surface area contributed by atoms with Crippen LogP contribution in [0.3, 0.4) is 0 Å². The van der Waals surface area contributed by atoms with E-state index in [0.29, 0.717) is 35.0 Å². The second-order valence-corrected chi connectivity index (χ2v) is 9.13. The van der Waals surface area contributed by atoms with Gasteiger partial charge in [-0.25, -0.2) is 4.98 Å². The van der Waals surface area contributed by atoms with E-state index in [1.54, 1.807) is 13.1 Å². The SMILES string of the molecule is Cc1ccc(-c2noc(C)c2C(=O)N2CC[C@H](c3c(C(N)=O)sc4ncccc34)C2)cc1. The van der Waals surface area contributed by atoms with Crippen LogP contribution in [0.1, 0.15) is 49.3 Å². The van der Waals surface area contributed by atoms with E-state index < -0.39 is 5.91 Å². The van der Waals surface area contributed by atoms with Crippen molar-refractivity contribution in [3.05, 3.63) is 69.9 Å². The van der Waals surface area contributed by atoms with Gasteiger partial charge in [-0.3, -0.25) is 9.59 Å². The Hall–Kier alpha value is -3.52. The third-order valence-corrected chi connectivity index (χ3v) is 7.16. The van der Waals surface area contributed by atoms with Crippen LogP contribution >= 0.6 is 11.3 Å². The number of aryl methyl sites for hydroxylation is 2. The van der Waals surface area contributed by atoms with Gasteiger partial charge in [0.25, 0.3) is 11.8 Å². The third-order valence-electron chi connectivity index (χ3n) is 6.01. The molecule has 1 saturated heterocycles. The minimum atomic E-state index is -0.454. The highest BCUT2D eigenvalue weighted by atomic mass is 32.1. The number of pyridine rings is 1. The largest absolute Gasteiger partial charge is 0.365 e. The molecule has 1 fully saturated rings. The molecule has 2 amide bonds. The second kappa shape index (κ2) is 7.87. The molecule has 0 unspecified atom stereocenters. The number of benzene rings is 1. The van der Waals surface area contributed by atoms with Gasteiger partial charge < -0.3 is 15.2 Å². The molecule has 0 bridgehead atoms. The van der Waals surface area contributed by atoms with Gasteiger partial charge in [0.15, 0.2) is 0 Å². The first-order valence-corrected chi connectivity index (χ1v) is 11.3. The molecule has 1 atom stereocenters. The Morgan fingerprint density at radius 1 is 1.19 bits per heavy atom. The number of nitrogens with two attached hydrogens (primary N) is 1. The average Bonchev–Trinajstić information content (AvgIpc) is 3.50. The summed E-state index contributed by atoms with van der Waals surface area (Å²) in [6.07, 6.45) is 2.45. The van der Waals surface area contributed by atoms with E-state index in [4.69, 9.17) is 10.3 Å². The molecule has 0 radical (unpaired) electrons. The summed E-state index contributed by atoms with van der Waals surface area (Å²) in [7, 11) is 0.